The number of aromatic nitrogens is 2. The van der Waals surface area contributed by atoms with Gasteiger partial charge in [0.15, 0.2) is 0 Å². The molecule has 0 spiro atoms. The summed E-state index contributed by atoms with van der Waals surface area (Å²) in [6, 6.07) is 8.09. The van der Waals surface area contributed by atoms with Crippen molar-refractivity contribution in [2.45, 2.75) is 13.0 Å². The number of hydrogen-bond acceptors (Lipinski definition) is 4. The van der Waals surface area contributed by atoms with Crippen LogP contribution in [0.15, 0.2) is 24.4 Å². The third-order valence-electron chi connectivity index (χ3n) is 2.35. The summed E-state index contributed by atoms with van der Waals surface area (Å²) in [5.74, 6) is 0.972. The minimum absolute atomic E-state index is 0.183. The van der Waals surface area contributed by atoms with Gasteiger partial charge in [-0.05, 0) is 19.1 Å². The lowest BCUT2D eigenvalue weighted by Crippen LogP contribution is -2.08. The van der Waals surface area contributed by atoms with E-state index in [2.05, 4.69) is 23.4 Å². The molecule has 0 saturated heterocycles. The largest absolute Gasteiger partial charge is 0.363 e. The lowest BCUT2D eigenvalue weighted by atomic mass is 10.3. The van der Waals surface area contributed by atoms with Crippen molar-refractivity contribution in [1.29, 1.82) is 5.26 Å². The Hall–Kier alpha value is -1.80. The molecule has 0 amide bonds. The van der Waals surface area contributed by atoms with Crippen molar-refractivity contribution in [3.63, 3.8) is 0 Å². The maximum absolute atomic E-state index is 8.76. The Balaban J connectivity index is 2.12. The average molecular weight is 232 g/mol. The monoisotopic (exact) mass is 232 g/mol. The van der Waals surface area contributed by atoms with Crippen molar-refractivity contribution < 1.29 is 0 Å². The zero-order valence-corrected chi connectivity index (χ0v) is 9.95. The summed E-state index contributed by atoms with van der Waals surface area (Å²) in [5, 5.41) is 16.2. The molecular formula is C11H12N4S. The van der Waals surface area contributed by atoms with E-state index in [9.17, 15) is 0 Å². The summed E-state index contributed by atoms with van der Waals surface area (Å²) in [6.07, 6.45) is 1.75. The highest BCUT2D eigenvalue weighted by Crippen LogP contribution is 2.25. The molecule has 2 rings (SSSR count). The molecule has 82 valence electrons. The first kappa shape index (κ1) is 10.7. The van der Waals surface area contributed by atoms with Crippen molar-refractivity contribution in [2.75, 3.05) is 5.32 Å². The number of aryl methyl sites for hydroxylation is 1. The predicted molar refractivity (Wildman–Crippen MR) is 64.3 cm³/mol. The van der Waals surface area contributed by atoms with Crippen LogP contribution in [0.3, 0.4) is 0 Å². The summed E-state index contributed by atoms with van der Waals surface area (Å²) < 4.78 is 1.79. The molecule has 2 aromatic heterocycles. The standard InChI is InChI=1S/C11H12N4S/c1-8(10-4-3-9(7-12)16-10)14-11-5-6-13-15(11)2/h3-6,8,14H,1-2H3. The van der Waals surface area contributed by atoms with Gasteiger partial charge in [-0.1, -0.05) is 0 Å². The van der Waals surface area contributed by atoms with E-state index in [1.807, 2.05) is 25.2 Å². The molecular weight excluding hydrogens is 220 g/mol. The highest BCUT2D eigenvalue weighted by atomic mass is 32.1. The van der Waals surface area contributed by atoms with Gasteiger partial charge in [0.05, 0.1) is 12.2 Å². The zero-order valence-electron chi connectivity index (χ0n) is 9.14. The fourth-order valence-electron chi connectivity index (χ4n) is 1.45. The van der Waals surface area contributed by atoms with Gasteiger partial charge in [0, 0.05) is 18.0 Å². The van der Waals surface area contributed by atoms with Crippen LogP contribution in [0.25, 0.3) is 0 Å². The lowest BCUT2D eigenvalue weighted by molar-refractivity contribution is 0.753. The molecule has 2 aromatic rings. The van der Waals surface area contributed by atoms with Gasteiger partial charge < -0.3 is 5.32 Å². The van der Waals surface area contributed by atoms with Gasteiger partial charge >= 0.3 is 0 Å². The van der Waals surface area contributed by atoms with E-state index in [0.29, 0.717) is 0 Å². The highest BCUT2D eigenvalue weighted by molar-refractivity contribution is 7.12. The highest BCUT2D eigenvalue weighted by Gasteiger charge is 2.09. The third kappa shape index (κ3) is 2.07. The molecule has 5 heteroatoms. The van der Waals surface area contributed by atoms with Crippen LogP contribution in [0.5, 0.6) is 0 Å². The first-order chi connectivity index (χ1) is 7.70. The summed E-state index contributed by atoms with van der Waals surface area (Å²) >= 11 is 1.52. The average Bonchev–Trinajstić information content (AvgIpc) is 2.88. The van der Waals surface area contributed by atoms with Crippen molar-refractivity contribution in [3.8, 4) is 6.07 Å². The minimum atomic E-state index is 0.183. The van der Waals surface area contributed by atoms with E-state index in [1.165, 1.54) is 11.3 Å². The minimum Gasteiger partial charge on any atom is -0.363 e. The molecule has 0 saturated carbocycles. The molecule has 1 unspecified atom stereocenters. The van der Waals surface area contributed by atoms with Crippen LogP contribution in [0, 0.1) is 11.3 Å². The summed E-state index contributed by atoms with van der Waals surface area (Å²) in [7, 11) is 1.89. The topological polar surface area (TPSA) is 53.6 Å². The van der Waals surface area contributed by atoms with Gasteiger partial charge in [-0.2, -0.15) is 10.4 Å². The predicted octanol–water partition coefficient (Wildman–Crippen LogP) is 2.53. The van der Waals surface area contributed by atoms with E-state index in [-0.39, 0.29) is 6.04 Å². The van der Waals surface area contributed by atoms with E-state index in [4.69, 9.17) is 5.26 Å². The van der Waals surface area contributed by atoms with E-state index < -0.39 is 0 Å². The molecule has 0 aliphatic heterocycles. The second kappa shape index (κ2) is 4.37. The Kier molecular flexibility index (Phi) is 2.93. The van der Waals surface area contributed by atoms with E-state index >= 15 is 0 Å². The number of nitriles is 1. The zero-order chi connectivity index (χ0) is 11.5. The van der Waals surface area contributed by atoms with E-state index in [1.54, 1.807) is 10.9 Å². The molecule has 0 fully saturated rings. The second-order valence-electron chi connectivity index (χ2n) is 3.52. The quantitative estimate of drug-likeness (QED) is 0.884. The molecule has 16 heavy (non-hydrogen) atoms. The number of anilines is 1. The number of nitrogens with zero attached hydrogens (tertiary/aromatic N) is 3. The Morgan fingerprint density at radius 2 is 2.31 bits per heavy atom. The Labute approximate surface area is 98.1 Å². The SMILES string of the molecule is CC(Nc1ccnn1C)c1ccc(C#N)s1. The van der Waals surface area contributed by atoms with Gasteiger partial charge in [-0.15, -0.1) is 11.3 Å². The van der Waals surface area contributed by atoms with Crippen LogP contribution in [0.2, 0.25) is 0 Å². The molecule has 0 radical (unpaired) electrons. The second-order valence-corrected chi connectivity index (χ2v) is 4.64. The Bertz CT molecular complexity index is 520. The summed E-state index contributed by atoms with van der Waals surface area (Å²) in [6.45, 7) is 2.07. The smallest absolute Gasteiger partial charge is 0.124 e. The Morgan fingerprint density at radius 1 is 1.50 bits per heavy atom. The molecule has 1 atom stereocenters. The van der Waals surface area contributed by atoms with Crippen LogP contribution in [0.1, 0.15) is 22.7 Å². The number of rotatable bonds is 3. The fourth-order valence-corrected chi connectivity index (χ4v) is 2.26. The van der Waals surface area contributed by atoms with Crippen LogP contribution in [-0.4, -0.2) is 9.78 Å². The molecule has 0 aliphatic carbocycles. The van der Waals surface area contributed by atoms with Crippen LogP contribution < -0.4 is 5.32 Å². The van der Waals surface area contributed by atoms with Gasteiger partial charge in [-0.25, -0.2) is 0 Å². The van der Waals surface area contributed by atoms with Crippen LogP contribution >= 0.6 is 11.3 Å². The summed E-state index contributed by atoms with van der Waals surface area (Å²) in [4.78, 5) is 1.89. The molecule has 0 aromatic carbocycles. The van der Waals surface area contributed by atoms with Gasteiger partial charge in [0.2, 0.25) is 0 Å². The Morgan fingerprint density at radius 3 is 2.88 bits per heavy atom. The normalized spacial score (nSPS) is 12.1. The van der Waals surface area contributed by atoms with Crippen LogP contribution in [-0.2, 0) is 7.05 Å². The van der Waals surface area contributed by atoms with E-state index in [0.717, 1.165) is 15.6 Å². The van der Waals surface area contributed by atoms with Crippen LogP contribution in [0.4, 0.5) is 5.82 Å². The number of nitrogens with one attached hydrogen (secondary N) is 1. The molecule has 0 bridgehead atoms. The van der Waals surface area contributed by atoms with Gasteiger partial charge in [0.25, 0.3) is 0 Å². The van der Waals surface area contributed by atoms with Gasteiger partial charge in [-0.3, -0.25) is 4.68 Å². The maximum Gasteiger partial charge on any atom is 0.124 e. The van der Waals surface area contributed by atoms with Gasteiger partial charge in [0.1, 0.15) is 16.8 Å². The molecule has 4 nitrogen and oxygen atoms in total. The third-order valence-corrected chi connectivity index (χ3v) is 3.52. The van der Waals surface area contributed by atoms with Crippen molar-refractivity contribution >= 4 is 17.2 Å². The molecule has 0 aliphatic rings. The molecule has 1 N–H and O–H groups in total. The molecule has 2 heterocycles. The van der Waals surface area contributed by atoms with Crippen molar-refractivity contribution in [1.82, 2.24) is 9.78 Å². The van der Waals surface area contributed by atoms with Crippen molar-refractivity contribution in [3.05, 3.63) is 34.2 Å². The fraction of sp³-hybridized carbons (Fsp3) is 0.273. The first-order valence-electron chi connectivity index (χ1n) is 4.95. The number of thiophene rings is 1. The summed E-state index contributed by atoms with van der Waals surface area (Å²) in [5.41, 5.74) is 0. The number of hydrogen-bond donors (Lipinski definition) is 1. The van der Waals surface area contributed by atoms with Crippen molar-refractivity contribution in [2.24, 2.45) is 7.05 Å². The first-order valence-corrected chi connectivity index (χ1v) is 5.76. The lowest BCUT2D eigenvalue weighted by Gasteiger charge is -2.13. The maximum atomic E-state index is 8.76.